The number of fused-ring (bicyclic) bond motifs is 1. The Kier molecular flexibility index (Phi) is 5.08. The fourth-order valence-electron chi connectivity index (χ4n) is 4.28. The lowest BCUT2D eigenvalue weighted by Gasteiger charge is -2.12. The van der Waals surface area contributed by atoms with Crippen LogP contribution in [-0.4, -0.2) is 40.6 Å². The van der Waals surface area contributed by atoms with E-state index in [-0.39, 0.29) is 23.5 Å². The first kappa shape index (κ1) is 21.4. The van der Waals surface area contributed by atoms with Crippen LogP contribution in [0.3, 0.4) is 0 Å². The molecule has 3 aromatic heterocycles. The van der Waals surface area contributed by atoms with Gasteiger partial charge in [-0.25, -0.2) is 18.1 Å². The van der Waals surface area contributed by atoms with E-state index in [9.17, 15) is 13.2 Å². The number of anilines is 1. The van der Waals surface area contributed by atoms with E-state index < -0.39 is 9.84 Å². The second-order valence-electron chi connectivity index (χ2n) is 8.57. The minimum absolute atomic E-state index is 0.0139. The quantitative estimate of drug-likeness (QED) is 0.484. The van der Waals surface area contributed by atoms with Crippen molar-refractivity contribution in [2.24, 2.45) is 0 Å². The van der Waals surface area contributed by atoms with Crippen molar-refractivity contribution in [1.29, 1.82) is 0 Å². The molecule has 0 spiro atoms. The van der Waals surface area contributed by atoms with Crippen LogP contribution in [0, 0.1) is 20.8 Å². The summed E-state index contributed by atoms with van der Waals surface area (Å²) in [5.74, 6) is 0.359. The molecule has 1 aliphatic rings. The van der Waals surface area contributed by atoms with Crippen LogP contribution < -0.4 is 5.32 Å². The fraction of sp³-hybridized carbons (Fsp3) is 0.292. The van der Waals surface area contributed by atoms with Crippen molar-refractivity contribution in [1.82, 2.24) is 14.8 Å². The van der Waals surface area contributed by atoms with Crippen LogP contribution in [0.5, 0.6) is 0 Å². The summed E-state index contributed by atoms with van der Waals surface area (Å²) in [4.78, 5) is 18.2. The highest BCUT2D eigenvalue weighted by Gasteiger charge is 2.32. The third-order valence-electron chi connectivity index (χ3n) is 6.17. The molecule has 8 nitrogen and oxygen atoms in total. The lowest BCUT2D eigenvalue weighted by atomic mass is 10.1. The number of aromatic nitrogens is 3. The zero-order valence-electron chi connectivity index (χ0n) is 18.6. The first-order chi connectivity index (χ1) is 15.7. The van der Waals surface area contributed by atoms with E-state index in [0.29, 0.717) is 45.9 Å². The molecule has 1 atom stereocenters. The summed E-state index contributed by atoms with van der Waals surface area (Å²) in [6.07, 6.45) is 2.01. The predicted molar refractivity (Wildman–Crippen MR) is 126 cm³/mol. The zero-order chi connectivity index (χ0) is 23.3. The second kappa shape index (κ2) is 7.84. The van der Waals surface area contributed by atoms with Gasteiger partial charge in [-0.2, -0.15) is 5.10 Å². The molecular formula is C24H24N4O4S. The van der Waals surface area contributed by atoms with Crippen LogP contribution in [-0.2, 0) is 9.84 Å². The molecule has 170 valence electrons. The molecule has 0 aliphatic carbocycles. The van der Waals surface area contributed by atoms with E-state index >= 15 is 0 Å². The fourth-order valence-corrected chi connectivity index (χ4v) is 5.98. The maximum Gasteiger partial charge on any atom is 0.256 e. The van der Waals surface area contributed by atoms with Crippen LogP contribution in [0.15, 0.2) is 47.1 Å². The van der Waals surface area contributed by atoms with E-state index in [1.54, 1.807) is 29.1 Å². The Morgan fingerprint density at radius 2 is 1.97 bits per heavy atom. The first-order valence-corrected chi connectivity index (χ1v) is 12.6. The summed E-state index contributed by atoms with van der Waals surface area (Å²) in [7, 11) is -3.12. The maximum absolute atomic E-state index is 13.4. The third kappa shape index (κ3) is 3.93. The van der Waals surface area contributed by atoms with E-state index in [0.717, 1.165) is 11.1 Å². The topological polar surface area (TPSA) is 107 Å². The van der Waals surface area contributed by atoms with E-state index in [1.165, 1.54) is 0 Å². The van der Waals surface area contributed by atoms with E-state index in [1.807, 2.05) is 39.0 Å². The van der Waals surface area contributed by atoms with Gasteiger partial charge < -0.3 is 9.73 Å². The lowest BCUT2D eigenvalue weighted by Crippen LogP contribution is -2.15. The van der Waals surface area contributed by atoms with Gasteiger partial charge in [-0.3, -0.25) is 4.79 Å². The molecule has 33 heavy (non-hydrogen) atoms. The van der Waals surface area contributed by atoms with Gasteiger partial charge in [0, 0.05) is 5.69 Å². The summed E-state index contributed by atoms with van der Waals surface area (Å²) < 4.78 is 31.4. The molecule has 0 saturated carbocycles. The molecular weight excluding hydrogens is 440 g/mol. The van der Waals surface area contributed by atoms with Crippen molar-refractivity contribution in [3.63, 3.8) is 0 Å². The monoisotopic (exact) mass is 464 g/mol. The highest BCUT2D eigenvalue weighted by atomic mass is 32.2. The summed E-state index contributed by atoms with van der Waals surface area (Å²) >= 11 is 0. The average Bonchev–Trinajstić information content (AvgIpc) is 3.49. The highest BCUT2D eigenvalue weighted by molar-refractivity contribution is 7.91. The largest absolute Gasteiger partial charge is 0.463 e. The minimum Gasteiger partial charge on any atom is -0.463 e. The first-order valence-electron chi connectivity index (χ1n) is 10.7. The minimum atomic E-state index is -3.12. The molecule has 0 radical (unpaired) electrons. The van der Waals surface area contributed by atoms with Crippen molar-refractivity contribution in [2.45, 2.75) is 33.2 Å². The van der Waals surface area contributed by atoms with Gasteiger partial charge in [-0.05, 0) is 68.7 Å². The molecule has 4 aromatic rings. The highest BCUT2D eigenvalue weighted by Crippen LogP contribution is 2.32. The van der Waals surface area contributed by atoms with Gasteiger partial charge in [0.05, 0.1) is 40.5 Å². The summed E-state index contributed by atoms with van der Waals surface area (Å²) in [5, 5.41) is 8.20. The Hall–Kier alpha value is -3.46. The predicted octanol–water partition coefficient (Wildman–Crippen LogP) is 4.23. The molecule has 1 unspecified atom stereocenters. The number of rotatable bonds is 4. The number of carbonyl (C=O) groups excluding carboxylic acids is 1. The molecule has 9 heteroatoms. The number of carbonyl (C=O) groups is 1. The normalized spacial score (nSPS) is 17.5. The van der Waals surface area contributed by atoms with Crippen LogP contribution >= 0.6 is 0 Å². The Morgan fingerprint density at radius 1 is 1.15 bits per heavy atom. The third-order valence-corrected chi connectivity index (χ3v) is 7.92. The number of sulfone groups is 1. The number of nitrogens with zero attached hydrogens (tertiary/aromatic N) is 3. The number of nitrogens with one attached hydrogen (secondary N) is 1. The molecule has 1 saturated heterocycles. The van der Waals surface area contributed by atoms with Crippen molar-refractivity contribution in [3.05, 3.63) is 65.0 Å². The van der Waals surface area contributed by atoms with Crippen LogP contribution in [0.2, 0.25) is 0 Å². The molecule has 1 N–H and O–H groups in total. The Labute approximate surface area is 191 Å². The van der Waals surface area contributed by atoms with Crippen LogP contribution in [0.4, 0.5) is 5.69 Å². The molecule has 1 aliphatic heterocycles. The Morgan fingerprint density at radius 3 is 2.64 bits per heavy atom. The van der Waals surface area contributed by atoms with Gasteiger partial charge in [0.25, 0.3) is 5.91 Å². The van der Waals surface area contributed by atoms with Crippen molar-refractivity contribution >= 4 is 32.5 Å². The second-order valence-corrected chi connectivity index (χ2v) is 10.8. The lowest BCUT2D eigenvalue weighted by molar-refractivity contribution is 0.102. The zero-order valence-corrected chi connectivity index (χ0v) is 19.4. The Balaban J connectivity index is 1.65. The van der Waals surface area contributed by atoms with Crippen molar-refractivity contribution in [3.8, 4) is 11.5 Å². The Bertz CT molecular complexity index is 1490. The number of pyridine rings is 1. The van der Waals surface area contributed by atoms with Gasteiger partial charge in [0.1, 0.15) is 5.69 Å². The number of hydrogen-bond donors (Lipinski definition) is 1. The molecule has 1 aromatic carbocycles. The standard InChI is InChI=1S/C24H24N4O4S/c1-14-6-7-17(11-15(14)2)25-24(29)19-12-20(21-5-4-9-32-21)26-23-22(19)16(3)27-28(23)18-8-10-33(30,31)13-18/h4-7,9,11-12,18H,8,10,13H2,1-3H3,(H,25,29). The summed E-state index contributed by atoms with van der Waals surface area (Å²) in [6.45, 7) is 5.82. The molecule has 4 heterocycles. The van der Waals surface area contributed by atoms with Gasteiger partial charge >= 0.3 is 0 Å². The number of aryl methyl sites for hydroxylation is 3. The molecule has 1 fully saturated rings. The maximum atomic E-state index is 13.4. The smallest absolute Gasteiger partial charge is 0.256 e. The number of amides is 1. The number of benzene rings is 1. The SMILES string of the molecule is Cc1ccc(NC(=O)c2cc(-c3ccco3)nc3c2c(C)nn3C2CCS(=O)(=O)C2)cc1C. The molecule has 0 bridgehead atoms. The van der Waals surface area contributed by atoms with Crippen LogP contribution in [0.1, 0.15) is 39.6 Å². The van der Waals surface area contributed by atoms with Crippen molar-refractivity contribution < 1.29 is 17.6 Å². The van der Waals surface area contributed by atoms with Crippen molar-refractivity contribution in [2.75, 3.05) is 16.8 Å². The van der Waals surface area contributed by atoms with Gasteiger partial charge in [0.15, 0.2) is 21.2 Å². The number of furan rings is 1. The van der Waals surface area contributed by atoms with E-state index in [4.69, 9.17) is 9.40 Å². The summed E-state index contributed by atoms with van der Waals surface area (Å²) in [6, 6.07) is 10.7. The summed E-state index contributed by atoms with van der Waals surface area (Å²) in [5.41, 5.74) is 4.92. The van der Waals surface area contributed by atoms with Gasteiger partial charge in [0.2, 0.25) is 0 Å². The molecule has 5 rings (SSSR count). The van der Waals surface area contributed by atoms with Crippen LogP contribution in [0.25, 0.3) is 22.5 Å². The van der Waals surface area contributed by atoms with Gasteiger partial charge in [-0.15, -0.1) is 0 Å². The molecule has 1 amide bonds. The van der Waals surface area contributed by atoms with E-state index in [2.05, 4.69) is 10.4 Å². The number of hydrogen-bond acceptors (Lipinski definition) is 6. The van der Waals surface area contributed by atoms with Gasteiger partial charge in [-0.1, -0.05) is 6.07 Å². The average molecular weight is 465 g/mol.